The highest BCUT2D eigenvalue weighted by atomic mass is 15.2. The summed E-state index contributed by atoms with van der Waals surface area (Å²) in [5.41, 5.74) is 4.91. The van der Waals surface area contributed by atoms with Crippen LogP contribution in [0.4, 0.5) is 0 Å². The summed E-state index contributed by atoms with van der Waals surface area (Å²) in [6.45, 7) is 0. The van der Waals surface area contributed by atoms with Crippen LogP contribution in [0.1, 0.15) is 17.3 Å². The van der Waals surface area contributed by atoms with Crippen molar-refractivity contribution in [3.8, 4) is 0 Å². The van der Waals surface area contributed by atoms with Crippen LogP contribution in [-0.2, 0) is 6.42 Å². The van der Waals surface area contributed by atoms with Crippen LogP contribution >= 0.6 is 0 Å². The summed E-state index contributed by atoms with van der Waals surface area (Å²) < 4.78 is 0. The largest absolute Gasteiger partial charge is 0.271 e. The molecule has 4 heteroatoms. The normalized spacial score (nSPS) is 12.3. The number of hydrazine groups is 1. The molecule has 0 aliphatic heterocycles. The van der Waals surface area contributed by atoms with Crippen molar-refractivity contribution in [3.63, 3.8) is 0 Å². The van der Waals surface area contributed by atoms with Crippen LogP contribution in [0.5, 0.6) is 0 Å². The zero-order valence-corrected chi connectivity index (χ0v) is 8.88. The number of nitrogens with two attached hydrogens (primary N) is 1. The molecule has 82 valence electrons. The van der Waals surface area contributed by atoms with Crippen molar-refractivity contribution in [2.75, 3.05) is 0 Å². The maximum absolute atomic E-state index is 5.54. The van der Waals surface area contributed by atoms with Gasteiger partial charge >= 0.3 is 0 Å². The van der Waals surface area contributed by atoms with Gasteiger partial charge in [-0.15, -0.1) is 0 Å². The first-order valence-electron chi connectivity index (χ1n) is 5.16. The Balaban J connectivity index is 2.13. The van der Waals surface area contributed by atoms with Crippen molar-refractivity contribution < 1.29 is 0 Å². The third kappa shape index (κ3) is 2.62. The second-order valence-electron chi connectivity index (χ2n) is 3.54. The first-order chi connectivity index (χ1) is 7.90. The van der Waals surface area contributed by atoms with Crippen molar-refractivity contribution in [1.29, 1.82) is 0 Å². The lowest BCUT2D eigenvalue weighted by molar-refractivity contribution is 0.537. The van der Waals surface area contributed by atoms with Gasteiger partial charge in [-0.05, 0) is 18.1 Å². The van der Waals surface area contributed by atoms with Gasteiger partial charge in [-0.25, -0.2) is 9.97 Å². The molecule has 0 saturated carbocycles. The Morgan fingerprint density at radius 2 is 2.00 bits per heavy atom. The van der Waals surface area contributed by atoms with Gasteiger partial charge in [-0.2, -0.15) is 0 Å². The third-order valence-corrected chi connectivity index (χ3v) is 2.45. The van der Waals surface area contributed by atoms with Crippen molar-refractivity contribution in [2.24, 2.45) is 5.84 Å². The second-order valence-corrected chi connectivity index (χ2v) is 3.54. The van der Waals surface area contributed by atoms with Crippen LogP contribution in [-0.4, -0.2) is 9.97 Å². The number of nitrogens with one attached hydrogen (secondary N) is 1. The number of hydrogen-bond acceptors (Lipinski definition) is 4. The van der Waals surface area contributed by atoms with Gasteiger partial charge in [0.2, 0.25) is 0 Å². The van der Waals surface area contributed by atoms with Crippen LogP contribution in [0.25, 0.3) is 0 Å². The highest BCUT2D eigenvalue weighted by Gasteiger charge is 2.10. The van der Waals surface area contributed by atoms with E-state index < -0.39 is 0 Å². The van der Waals surface area contributed by atoms with Crippen molar-refractivity contribution in [1.82, 2.24) is 15.4 Å². The van der Waals surface area contributed by atoms with Crippen LogP contribution < -0.4 is 11.3 Å². The van der Waals surface area contributed by atoms with Crippen LogP contribution in [0, 0.1) is 0 Å². The average molecular weight is 214 g/mol. The SMILES string of the molecule is NNC(Cc1ccccc1)c1ccncn1. The average Bonchev–Trinajstić information content (AvgIpc) is 2.38. The lowest BCUT2D eigenvalue weighted by Gasteiger charge is -2.14. The lowest BCUT2D eigenvalue weighted by atomic mass is 10.0. The van der Waals surface area contributed by atoms with Gasteiger partial charge in [-0.1, -0.05) is 30.3 Å². The fourth-order valence-corrected chi connectivity index (χ4v) is 1.61. The molecule has 1 heterocycles. The summed E-state index contributed by atoms with van der Waals surface area (Å²) in [6, 6.07) is 12.1. The molecule has 1 aromatic carbocycles. The minimum Gasteiger partial charge on any atom is -0.271 e. The van der Waals surface area contributed by atoms with E-state index in [-0.39, 0.29) is 6.04 Å². The van der Waals surface area contributed by atoms with Gasteiger partial charge in [0.05, 0.1) is 11.7 Å². The van der Waals surface area contributed by atoms with Crippen molar-refractivity contribution in [3.05, 3.63) is 60.2 Å². The Labute approximate surface area is 94.5 Å². The van der Waals surface area contributed by atoms with Gasteiger partial charge in [0.15, 0.2) is 0 Å². The Hall–Kier alpha value is -1.78. The summed E-state index contributed by atoms with van der Waals surface area (Å²) in [7, 11) is 0. The molecule has 1 unspecified atom stereocenters. The topological polar surface area (TPSA) is 63.8 Å². The molecule has 3 N–H and O–H groups in total. The number of benzene rings is 1. The Morgan fingerprint density at radius 1 is 1.19 bits per heavy atom. The maximum atomic E-state index is 5.54. The van der Waals surface area contributed by atoms with Crippen LogP contribution in [0.15, 0.2) is 48.9 Å². The summed E-state index contributed by atoms with van der Waals surface area (Å²) in [5, 5.41) is 0. The maximum Gasteiger partial charge on any atom is 0.115 e. The molecule has 0 bridgehead atoms. The molecule has 0 spiro atoms. The predicted octanol–water partition coefficient (Wildman–Crippen LogP) is 1.22. The summed E-state index contributed by atoms with van der Waals surface area (Å²) in [4.78, 5) is 8.08. The van der Waals surface area contributed by atoms with Crippen molar-refractivity contribution >= 4 is 0 Å². The Kier molecular flexibility index (Phi) is 3.58. The Bertz CT molecular complexity index is 416. The van der Waals surface area contributed by atoms with Crippen LogP contribution in [0.3, 0.4) is 0 Å². The molecule has 0 saturated heterocycles. The molecule has 0 aliphatic rings. The van der Waals surface area contributed by atoms with Gasteiger partial charge in [0.1, 0.15) is 6.33 Å². The molecular weight excluding hydrogens is 200 g/mol. The van der Waals surface area contributed by atoms with Crippen LogP contribution in [0.2, 0.25) is 0 Å². The minimum atomic E-state index is 0.0189. The van der Waals surface area contributed by atoms with E-state index in [0.29, 0.717) is 0 Å². The number of nitrogens with zero attached hydrogens (tertiary/aromatic N) is 2. The van der Waals surface area contributed by atoms with Gasteiger partial charge in [0.25, 0.3) is 0 Å². The van der Waals surface area contributed by atoms with E-state index in [4.69, 9.17) is 5.84 Å². The van der Waals surface area contributed by atoms with E-state index >= 15 is 0 Å². The zero-order chi connectivity index (χ0) is 11.2. The summed E-state index contributed by atoms with van der Waals surface area (Å²) in [6.07, 6.45) is 4.07. The summed E-state index contributed by atoms with van der Waals surface area (Å²) in [5.74, 6) is 5.54. The third-order valence-electron chi connectivity index (χ3n) is 2.45. The fraction of sp³-hybridized carbons (Fsp3) is 0.167. The predicted molar refractivity (Wildman–Crippen MR) is 62.2 cm³/mol. The van der Waals surface area contributed by atoms with Gasteiger partial charge in [0, 0.05) is 6.20 Å². The van der Waals surface area contributed by atoms with Crippen molar-refractivity contribution in [2.45, 2.75) is 12.5 Å². The molecule has 0 amide bonds. The first kappa shape index (κ1) is 10.7. The zero-order valence-electron chi connectivity index (χ0n) is 8.88. The smallest absolute Gasteiger partial charge is 0.115 e. The Morgan fingerprint density at radius 3 is 2.62 bits per heavy atom. The quantitative estimate of drug-likeness (QED) is 0.593. The molecule has 0 aliphatic carbocycles. The lowest BCUT2D eigenvalue weighted by Crippen LogP contribution is -2.30. The van der Waals surface area contributed by atoms with Gasteiger partial charge in [-0.3, -0.25) is 11.3 Å². The molecule has 1 atom stereocenters. The first-order valence-corrected chi connectivity index (χ1v) is 5.16. The second kappa shape index (κ2) is 5.34. The monoisotopic (exact) mass is 214 g/mol. The number of hydrogen-bond donors (Lipinski definition) is 2. The van der Waals surface area contributed by atoms with E-state index in [2.05, 4.69) is 27.5 Å². The molecule has 4 nitrogen and oxygen atoms in total. The summed E-state index contributed by atoms with van der Waals surface area (Å²) >= 11 is 0. The van der Waals surface area contributed by atoms with E-state index in [1.807, 2.05) is 24.3 Å². The standard InChI is InChI=1S/C12H14N4/c13-16-12(11-6-7-14-9-15-11)8-10-4-2-1-3-5-10/h1-7,9,12,16H,8,13H2. The molecule has 16 heavy (non-hydrogen) atoms. The van der Waals surface area contributed by atoms with E-state index in [0.717, 1.165) is 12.1 Å². The van der Waals surface area contributed by atoms with E-state index in [9.17, 15) is 0 Å². The molecule has 2 rings (SSSR count). The molecular formula is C12H14N4. The molecule has 0 radical (unpaired) electrons. The number of rotatable bonds is 4. The highest BCUT2D eigenvalue weighted by molar-refractivity contribution is 5.18. The minimum absolute atomic E-state index is 0.0189. The van der Waals surface area contributed by atoms with E-state index in [1.165, 1.54) is 11.9 Å². The fourth-order valence-electron chi connectivity index (χ4n) is 1.61. The molecule has 1 aromatic heterocycles. The highest BCUT2D eigenvalue weighted by Crippen LogP contribution is 2.14. The molecule has 2 aromatic rings. The number of aromatic nitrogens is 2. The molecule has 0 fully saturated rings. The van der Waals surface area contributed by atoms with Gasteiger partial charge < -0.3 is 0 Å². The van der Waals surface area contributed by atoms with E-state index in [1.54, 1.807) is 6.20 Å².